The van der Waals surface area contributed by atoms with Gasteiger partial charge in [0.05, 0.1) is 38.0 Å². The molecule has 2 unspecified atom stereocenters. The number of methoxy groups -OCH3 is 1. The summed E-state index contributed by atoms with van der Waals surface area (Å²) in [6.45, 7) is 7.51. The summed E-state index contributed by atoms with van der Waals surface area (Å²) in [6.07, 6.45) is -0.461. The smallest absolute Gasteiger partial charge is 0.0950 e. The van der Waals surface area contributed by atoms with Gasteiger partial charge in [-0.3, -0.25) is 9.80 Å². The van der Waals surface area contributed by atoms with Crippen LogP contribution in [0.2, 0.25) is 0 Å². The topological polar surface area (TPSA) is 69.0 Å². The van der Waals surface area contributed by atoms with Gasteiger partial charge in [0.1, 0.15) is 0 Å². The van der Waals surface area contributed by atoms with Crippen molar-refractivity contribution in [1.29, 1.82) is 5.26 Å². The molecular formula is C13H25N3O3. The first-order chi connectivity index (χ1) is 9.17. The summed E-state index contributed by atoms with van der Waals surface area (Å²) in [5.74, 6) is 0. The molecule has 1 fully saturated rings. The van der Waals surface area contributed by atoms with Crippen molar-refractivity contribution < 1.29 is 14.6 Å². The molecule has 1 rings (SSSR count). The zero-order chi connectivity index (χ0) is 14.1. The number of nitriles is 1. The molecule has 19 heavy (non-hydrogen) atoms. The van der Waals surface area contributed by atoms with Crippen LogP contribution in [-0.4, -0.2) is 86.7 Å². The highest BCUT2D eigenvalue weighted by Gasteiger charge is 2.22. The Morgan fingerprint density at radius 2 is 1.95 bits per heavy atom. The molecule has 1 heterocycles. The molecule has 6 heteroatoms. The molecule has 1 aliphatic rings. The summed E-state index contributed by atoms with van der Waals surface area (Å²) < 4.78 is 10.2. The molecule has 0 aliphatic carbocycles. The van der Waals surface area contributed by atoms with Crippen molar-refractivity contribution in [2.45, 2.75) is 19.1 Å². The van der Waals surface area contributed by atoms with Gasteiger partial charge in [-0.25, -0.2) is 0 Å². The van der Waals surface area contributed by atoms with Crippen LogP contribution in [0.1, 0.15) is 6.92 Å². The van der Waals surface area contributed by atoms with Crippen LogP contribution in [0.25, 0.3) is 0 Å². The third-order valence-corrected chi connectivity index (χ3v) is 3.35. The van der Waals surface area contributed by atoms with E-state index in [4.69, 9.17) is 14.7 Å². The molecule has 0 bridgehead atoms. The van der Waals surface area contributed by atoms with Crippen LogP contribution in [0, 0.1) is 11.3 Å². The Morgan fingerprint density at radius 3 is 2.53 bits per heavy atom. The number of aliphatic hydroxyl groups excluding tert-OH is 1. The maximum Gasteiger partial charge on any atom is 0.0950 e. The number of nitrogens with zero attached hydrogens (tertiary/aromatic N) is 3. The van der Waals surface area contributed by atoms with E-state index >= 15 is 0 Å². The first kappa shape index (κ1) is 16.3. The van der Waals surface area contributed by atoms with Gasteiger partial charge in [-0.15, -0.1) is 0 Å². The third-order valence-electron chi connectivity index (χ3n) is 3.35. The van der Waals surface area contributed by atoms with E-state index in [0.717, 1.165) is 26.2 Å². The first-order valence-corrected chi connectivity index (χ1v) is 6.78. The number of rotatable bonds is 8. The van der Waals surface area contributed by atoms with Crippen LogP contribution in [-0.2, 0) is 9.47 Å². The largest absolute Gasteiger partial charge is 0.389 e. The minimum absolute atomic E-state index is 0.0237. The molecule has 0 radical (unpaired) electrons. The predicted octanol–water partition coefficient (Wildman–Crippen LogP) is -0.460. The van der Waals surface area contributed by atoms with Crippen LogP contribution in [0.15, 0.2) is 0 Å². The second-order valence-corrected chi connectivity index (χ2v) is 4.86. The minimum atomic E-state index is -0.461. The van der Waals surface area contributed by atoms with E-state index in [1.165, 1.54) is 0 Å². The van der Waals surface area contributed by atoms with E-state index in [1.807, 2.05) is 6.92 Å². The Hall–Kier alpha value is -0.710. The third kappa shape index (κ3) is 6.32. The number of β-amino-alcohol motifs (C(OH)–C–C–N with tert-alkyl or cyclic N) is 1. The van der Waals surface area contributed by atoms with E-state index in [2.05, 4.69) is 15.9 Å². The van der Waals surface area contributed by atoms with Crippen molar-refractivity contribution in [3.63, 3.8) is 0 Å². The second-order valence-electron chi connectivity index (χ2n) is 4.86. The fraction of sp³-hybridized carbons (Fsp3) is 0.923. The molecule has 0 aromatic carbocycles. The number of piperazine rings is 1. The van der Waals surface area contributed by atoms with Gasteiger partial charge >= 0.3 is 0 Å². The van der Waals surface area contributed by atoms with Crippen molar-refractivity contribution in [2.75, 3.05) is 59.7 Å². The zero-order valence-electron chi connectivity index (χ0n) is 11.9. The fourth-order valence-corrected chi connectivity index (χ4v) is 2.13. The van der Waals surface area contributed by atoms with Gasteiger partial charge in [-0.05, 0) is 6.92 Å². The van der Waals surface area contributed by atoms with E-state index < -0.39 is 6.10 Å². The van der Waals surface area contributed by atoms with Gasteiger partial charge in [0.15, 0.2) is 0 Å². The molecule has 0 amide bonds. The van der Waals surface area contributed by atoms with Crippen LogP contribution >= 0.6 is 0 Å². The first-order valence-electron chi connectivity index (χ1n) is 6.78. The van der Waals surface area contributed by atoms with Crippen molar-refractivity contribution in [3.8, 4) is 6.07 Å². The molecule has 1 saturated heterocycles. The summed E-state index contributed by atoms with van der Waals surface area (Å²) in [7, 11) is 1.63. The molecular weight excluding hydrogens is 246 g/mol. The average molecular weight is 271 g/mol. The lowest BCUT2D eigenvalue weighted by Crippen LogP contribution is -2.51. The molecule has 6 nitrogen and oxygen atoms in total. The SMILES string of the molecule is COCCOCC(O)CN1CCN(C(C)C#N)CC1. The molecule has 1 N–H and O–H groups in total. The summed E-state index contributed by atoms with van der Waals surface area (Å²) in [5, 5.41) is 18.7. The van der Waals surface area contributed by atoms with Crippen LogP contribution in [0.4, 0.5) is 0 Å². The zero-order valence-corrected chi connectivity index (χ0v) is 11.9. The standard InChI is InChI=1S/C13H25N3O3/c1-12(9-14)16-5-3-15(4-6-16)10-13(17)11-19-8-7-18-2/h12-13,17H,3-8,10-11H2,1-2H3. The monoisotopic (exact) mass is 271 g/mol. The number of ether oxygens (including phenoxy) is 2. The van der Waals surface area contributed by atoms with E-state index in [9.17, 15) is 5.11 Å². The average Bonchev–Trinajstić information content (AvgIpc) is 2.43. The molecule has 0 aromatic rings. The van der Waals surface area contributed by atoms with Gasteiger partial charge in [-0.1, -0.05) is 0 Å². The Labute approximate surface area is 115 Å². The second kappa shape index (κ2) is 9.23. The fourth-order valence-electron chi connectivity index (χ4n) is 2.13. The van der Waals surface area contributed by atoms with E-state index in [0.29, 0.717) is 26.4 Å². The lowest BCUT2D eigenvalue weighted by atomic mass is 10.2. The Morgan fingerprint density at radius 1 is 1.26 bits per heavy atom. The summed E-state index contributed by atoms with van der Waals surface area (Å²) in [4.78, 5) is 4.38. The highest BCUT2D eigenvalue weighted by Crippen LogP contribution is 2.06. The molecule has 110 valence electrons. The summed E-state index contributed by atoms with van der Waals surface area (Å²) in [6, 6.07) is 2.23. The number of aliphatic hydroxyl groups is 1. The van der Waals surface area contributed by atoms with Crippen molar-refractivity contribution in [2.24, 2.45) is 0 Å². The van der Waals surface area contributed by atoms with E-state index in [-0.39, 0.29) is 6.04 Å². The maximum atomic E-state index is 9.85. The van der Waals surface area contributed by atoms with Gasteiger partial charge < -0.3 is 14.6 Å². The Balaban J connectivity index is 2.13. The van der Waals surface area contributed by atoms with Gasteiger partial charge in [0.25, 0.3) is 0 Å². The molecule has 1 aliphatic heterocycles. The normalized spacial score (nSPS) is 20.9. The molecule has 0 saturated carbocycles. The lowest BCUT2D eigenvalue weighted by molar-refractivity contribution is -0.00771. The Bertz CT molecular complexity index is 275. The predicted molar refractivity (Wildman–Crippen MR) is 71.8 cm³/mol. The van der Waals surface area contributed by atoms with Crippen molar-refractivity contribution in [1.82, 2.24) is 9.80 Å². The number of hydrogen-bond donors (Lipinski definition) is 1. The maximum absolute atomic E-state index is 9.85. The van der Waals surface area contributed by atoms with Crippen LogP contribution < -0.4 is 0 Å². The quantitative estimate of drug-likeness (QED) is 0.603. The highest BCUT2D eigenvalue weighted by molar-refractivity contribution is 4.90. The van der Waals surface area contributed by atoms with Crippen molar-refractivity contribution in [3.05, 3.63) is 0 Å². The summed E-state index contributed by atoms with van der Waals surface area (Å²) in [5.41, 5.74) is 0. The van der Waals surface area contributed by atoms with Crippen LogP contribution in [0.5, 0.6) is 0 Å². The Kier molecular flexibility index (Phi) is 7.94. The van der Waals surface area contributed by atoms with Gasteiger partial charge in [0.2, 0.25) is 0 Å². The van der Waals surface area contributed by atoms with E-state index in [1.54, 1.807) is 7.11 Å². The lowest BCUT2D eigenvalue weighted by Gasteiger charge is -2.36. The number of hydrogen-bond acceptors (Lipinski definition) is 6. The summed E-state index contributed by atoms with van der Waals surface area (Å²) >= 11 is 0. The molecule has 2 atom stereocenters. The minimum Gasteiger partial charge on any atom is -0.389 e. The van der Waals surface area contributed by atoms with Gasteiger partial charge in [0, 0.05) is 39.8 Å². The van der Waals surface area contributed by atoms with Gasteiger partial charge in [-0.2, -0.15) is 5.26 Å². The van der Waals surface area contributed by atoms with Crippen molar-refractivity contribution >= 4 is 0 Å². The van der Waals surface area contributed by atoms with Crippen LogP contribution in [0.3, 0.4) is 0 Å². The molecule has 0 spiro atoms. The highest BCUT2D eigenvalue weighted by atomic mass is 16.5. The molecule has 0 aromatic heterocycles.